The lowest BCUT2D eigenvalue weighted by atomic mass is 10.1. The van der Waals surface area contributed by atoms with Crippen LogP contribution < -0.4 is 10.6 Å². The lowest BCUT2D eigenvalue weighted by Gasteiger charge is -2.10. The number of benzene rings is 1. The number of nitrogens with one attached hydrogen (secondary N) is 2. The van der Waals surface area contributed by atoms with E-state index in [9.17, 15) is 14.4 Å². The topological polar surface area (TPSA) is 95.5 Å². The van der Waals surface area contributed by atoms with Gasteiger partial charge in [0, 0.05) is 12.6 Å². The van der Waals surface area contributed by atoms with Crippen LogP contribution in [0.5, 0.6) is 0 Å². The maximum absolute atomic E-state index is 11.5. The highest BCUT2D eigenvalue weighted by Crippen LogP contribution is 2.25. The van der Waals surface area contributed by atoms with E-state index >= 15 is 0 Å². The van der Waals surface area contributed by atoms with Gasteiger partial charge in [-0.15, -0.1) is 0 Å². The smallest absolute Gasteiger partial charge is 0.315 e. The first-order valence-corrected chi connectivity index (χ1v) is 5.80. The van der Waals surface area contributed by atoms with Crippen molar-refractivity contribution in [1.29, 1.82) is 0 Å². The van der Waals surface area contributed by atoms with E-state index in [0.29, 0.717) is 11.4 Å². The first-order chi connectivity index (χ1) is 8.81. The molecule has 0 radical (unpaired) electrons. The molecule has 0 spiro atoms. The maximum atomic E-state index is 11.5. The number of carbonyl (C=O) groups is 3. The number of aliphatic carboxylic acids is 1. The van der Waals surface area contributed by atoms with Crippen LogP contribution in [0.25, 0.3) is 0 Å². The van der Waals surface area contributed by atoms with E-state index in [1.165, 1.54) is 32.0 Å². The van der Waals surface area contributed by atoms with Crippen molar-refractivity contribution >= 4 is 40.8 Å². The maximum Gasteiger partial charge on any atom is 0.315 e. The van der Waals surface area contributed by atoms with Crippen LogP contribution in [0.15, 0.2) is 18.2 Å². The number of amides is 2. The molecule has 2 amide bonds. The first kappa shape index (κ1) is 15.0. The predicted octanol–water partition coefficient (Wildman–Crippen LogP) is 1.96. The molecular weight excluding hydrogens is 272 g/mol. The van der Waals surface area contributed by atoms with Crippen molar-refractivity contribution in [3.05, 3.63) is 23.2 Å². The molecule has 1 aromatic rings. The highest BCUT2D eigenvalue weighted by atomic mass is 35.5. The Balaban J connectivity index is 2.81. The summed E-state index contributed by atoms with van der Waals surface area (Å²) >= 11 is 5.92. The highest BCUT2D eigenvalue weighted by Gasteiger charge is 2.20. The monoisotopic (exact) mass is 284 g/mol. The SMILES string of the molecule is CC(=O)Nc1ccc(NC(=O)C(C)C(=O)O)cc1Cl. The zero-order valence-electron chi connectivity index (χ0n) is 10.4. The molecule has 102 valence electrons. The summed E-state index contributed by atoms with van der Waals surface area (Å²) in [6.07, 6.45) is 0. The molecule has 6 nitrogen and oxygen atoms in total. The molecule has 1 atom stereocenters. The average molecular weight is 285 g/mol. The van der Waals surface area contributed by atoms with Crippen LogP contribution in [0.4, 0.5) is 11.4 Å². The Morgan fingerprint density at radius 3 is 2.37 bits per heavy atom. The minimum atomic E-state index is -1.21. The van der Waals surface area contributed by atoms with Crippen molar-refractivity contribution in [2.75, 3.05) is 10.6 Å². The van der Waals surface area contributed by atoms with Crippen molar-refractivity contribution in [1.82, 2.24) is 0 Å². The van der Waals surface area contributed by atoms with E-state index in [1.54, 1.807) is 0 Å². The second kappa shape index (κ2) is 6.19. The Bertz CT molecular complexity index is 530. The van der Waals surface area contributed by atoms with Gasteiger partial charge in [0.1, 0.15) is 5.92 Å². The molecule has 0 heterocycles. The van der Waals surface area contributed by atoms with E-state index in [1.807, 2.05) is 0 Å². The fourth-order valence-corrected chi connectivity index (χ4v) is 1.47. The third kappa shape index (κ3) is 4.26. The van der Waals surface area contributed by atoms with Crippen molar-refractivity contribution in [2.45, 2.75) is 13.8 Å². The first-order valence-electron chi connectivity index (χ1n) is 5.42. The number of anilines is 2. The van der Waals surface area contributed by atoms with Crippen LogP contribution >= 0.6 is 11.6 Å². The van der Waals surface area contributed by atoms with Crippen molar-refractivity contribution in [2.24, 2.45) is 5.92 Å². The molecule has 0 fully saturated rings. The fraction of sp³-hybridized carbons (Fsp3) is 0.250. The van der Waals surface area contributed by atoms with Gasteiger partial charge in [0.25, 0.3) is 0 Å². The number of carboxylic acid groups (broad SMARTS) is 1. The minimum Gasteiger partial charge on any atom is -0.481 e. The number of halogens is 1. The molecule has 0 bridgehead atoms. The Hall–Kier alpha value is -2.08. The van der Waals surface area contributed by atoms with Gasteiger partial charge in [0.15, 0.2) is 0 Å². The molecule has 0 aliphatic heterocycles. The molecular formula is C12H13ClN2O4. The van der Waals surface area contributed by atoms with Gasteiger partial charge >= 0.3 is 5.97 Å². The summed E-state index contributed by atoms with van der Waals surface area (Å²) in [6.45, 7) is 2.63. The van der Waals surface area contributed by atoms with E-state index in [-0.39, 0.29) is 10.9 Å². The second-order valence-corrected chi connectivity index (χ2v) is 4.33. The number of hydrogen-bond acceptors (Lipinski definition) is 3. The molecule has 0 saturated heterocycles. The number of carbonyl (C=O) groups excluding carboxylic acids is 2. The van der Waals surface area contributed by atoms with E-state index in [4.69, 9.17) is 16.7 Å². The minimum absolute atomic E-state index is 0.246. The molecule has 7 heteroatoms. The molecule has 0 saturated carbocycles. The van der Waals surface area contributed by atoms with Gasteiger partial charge in [-0.2, -0.15) is 0 Å². The van der Waals surface area contributed by atoms with Gasteiger partial charge in [0.05, 0.1) is 10.7 Å². The third-order valence-electron chi connectivity index (χ3n) is 2.31. The van der Waals surface area contributed by atoms with E-state index in [2.05, 4.69) is 10.6 Å². The normalized spacial score (nSPS) is 11.5. The van der Waals surface area contributed by atoms with Gasteiger partial charge in [-0.3, -0.25) is 14.4 Å². The van der Waals surface area contributed by atoms with Gasteiger partial charge in [-0.25, -0.2) is 0 Å². The molecule has 1 unspecified atom stereocenters. The highest BCUT2D eigenvalue weighted by molar-refractivity contribution is 6.34. The fourth-order valence-electron chi connectivity index (χ4n) is 1.25. The lowest BCUT2D eigenvalue weighted by molar-refractivity contribution is -0.144. The van der Waals surface area contributed by atoms with Crippen LogP contribution in [0.2, 0.25) is 5.02 Å². The number of hydrogen-bond donors (Lipinski definition) is 3. The van der Waals surface area contributed by atoms with Crippen LogP contribution in [-0.4, -0.2) is 22.9 Å². The summed E-state index contributed by atoms with van der Waals surface area (Å²) in [5, 5.41) is 13.9. The second-order valence-electron chi connectivity index (χ2n) is 3.92. The Kier molecular flexibility index (Phi) is 4.88. The van der Waals surface area contributed by atoms with Crippen LogP contribution in [0.3, 0.4) is 0 Å². The molecule has 0 aliphatic carbocycles. The molecule has 1 rings (SSSR count). The molecule has 1 aromatic carbocycles. The number of rotatable bonds is 4. The van der Waals surface area contributed by atoms with Gasteiger partial charge in [-0.05, 0) is 25.1 Å². The van der Waals surface area contributed by atoms with Crippen LogP contribution in [0.1, 0.15) is 13.8 Å². The third-order valence-corrected chi connectivity index (χ3v) is 2.62. The average Bonchev–Trinajstić information content (AvgIpc) is 2.31. The van der Waals surface area contributed by atoms with Crippen molar-refractivity contribution < 1.29 is 19.5 Å². The van der Waals surface area contributed by atoms with E-state index < -0.39 is 17.8 Å². The van der Waals surface area contributed by atoms with E-state index in [0.717, 1.165) is 0 Å². The molecule has 0 aromatic heterocycles. The van der Waals surface area contributed by atoms with Gasteiger partial charge < -0.3 is 15.7 Å². The zero-order valence-corrected chi connectivity index (χ0v) is 11.1. The van der Waals surface area contributed by atoms with Crippen molar-refractivity contribution in [3.63, 3.8) is 0 Å². The number of carboxylic acids is 1. The Labute approximate surface area is 114 Å². The zero-order chi connectivity index (χ0) is 14.6. The molecule has 0 aliphatic rings. The quantitative estimate of drug-likeness (QED) is 0.737. The van der Waals surface area contributed by atoms with Crippen molar-refractivity contribution in [3.8, 4) is 0 Å². The standard InChI is InChI=1S/C12H13ClN2O4/c1-6(12(18)19)11(17)15-8-3-4-10(9(13)5-8)14-7(2)16/h3-6H,1-2H3,(H,14,16)(H,15,17)(H,18,19). The predicted molar refractivity (Wildman–Crippen MR) is 71.2 cm³/mol. The summed E-state index contributed by atoms with van der Waals surface area (Å²) in [6, 6.07) is 4.47. The Morgan fingerprint density at radius 1 is 1.26 bits per heavy atom. The van der Waals surface area contributed by atoms with Crippen LogP contribution in [0, 0.1) is 5.92 Å². The van der Waals surface area contributed by atoms with Crippen LogP contribution in [-0.2, 0) is 14.4 Å². The lowest BCUT2D eigenvalue weighted by Crippen LogP contribution is -2.26. The molecule has 19 heavy (non-hydrogen) atoms. The Morgan fingerprint density at radius 2 is 1.89 bits per heavy atom. The van der Waals surface area contributed by atoms with Gasteiger partial charge in [-0.1, -0.05) is 11.6 Å². The summed E-state index contributed by atoms with van der Waals surface area (Å²) in [5.41, 5.74) is 0.774. The molecule has 3 N–H and O–H groups in total. The van der Waals surface area contributed by atoms with Gasteiger partial charge in [0.2, 0.25) is 11.8 Å². The summed E-state index contributed by atoms with van der Waals surface area (Å²) < 4.78 is 0. The summed E-state index contributed by atoms with van der Waals surface area (Å²) in [5.74, 6) is -3.28. The summed E-state index contributed by atoms with van der Waals surface area (Å²) in [7, 11) is 0. The largest absolute Gasteiger partial charge is 0.481 e. The summed E-state index contributed by atoms with van der Waals surface area (Å²) in [4.78, 5) is 33.0.